The summed E-state index contributed by atoms with van der Waals surface area (Å²) >= 11 is 0. The summed E-state index contributed by atoms with van der Waals surface area (Å²) in [5.41, 5.74) is 0. The number of fused-ring (bicyclic) bond motifs is 1. The number of methoxy groups -OCH3 is 1. The Morgan fingerprint density at radius 3 is 2.94 bits per heavy atom. The van der Waals surface area contributed by atoms with Crippen LogP contribution in [0.3, 0.4) is 0 Å². The summed E-state index contributed by atoms with van der Waals surface area (Å²) < 4.78 is 11.0. The fourth-order valence-electron chi connectivity index (χ4n) is 3.27. The van der Waals surface area contributed by atoms with Gasteiger partial charge in [0.1, 0.15) is 0 Å². The lowest BCUT2D eigenvalue weighted by Crippen LogP contribution is -2.31. The van der Waals surface area contributed by atoms with E-state index in [0.717, 1.165) is 39.1 Å². The predicted molar refractivity (Wildman–Crippen MR) is 67.1 cm³/mol. The van der Waals surface area contributed by atoms with Gasteiger partial charge >= 0.3 is 0 Å². The van der Waals surface area contributed by atoms with E-state index in [1.165, 1.54) is 12.8 Å². The molecule has 1 aliphatic carbocycles. The van der Waals surface area contributed by atoms with E-state index in [4.69, 9.17) is 9.47 Å². The van der Waals surface area contributed by atoms with Crippen molar-refractivity contribution >= 4 is 5.91 Å². The van der Waals surface area contributed by atoms with Crippen LogP contribution in [0.2, 0.25) is 0 Å². The van der Waals surface area contributed by atoms with Crippen molar-refractivity contribution in [1.29, 1.82) is 0 Å². The van der Waals surface area contributed by atoms with E-state index in [1.54, 1.807) is 7.11 Å². The molecule has 102 valence electrons. The number of carbonyl (C=O) groups is 1. The zero-order valence-electron chi connectivity index (χ0n) is 11.1. The molecule has 3 fully saturated rings. The minimum Gasteiger partial charge on any atom is -0.385 e. The average molecular weight is 253 g/mol. The number of carbonyl (C=O) groups excluding carboxylic acids is 1. The van der Waals surface area contributed by atoms with Crippen LogP contribution in [0.5, 0.6) is 0 Å². The number of ether oxygens (including phenoxy) is 2. The molecule has 0 spiro atoms. The van der Waals surface area contributed by atoms with Gasteiger partial charge in [-0.05, 0) is 31.1 Å². The Hall–Kier alpha value is -0.610. The summed E-state index contributed by atoms with van der Waals surface area (Å²) in [6.45, 7) is 3.38. The molecule has 2 aliphatic heterocycles. The van der Waals surface area contributed by atoms with E-state index in [-0.39, 0.29) is 6.10 Å². The highest BCUT2D eigenvalue weighted by molar-refractivity contribution is 5.77. The molecule has 0 bridgehead atoms. The molecule has 18 heavy (non-hydrogen) atoms. The molecule has 3 atom stereocenters. The van der Waals surface area contributed by atoms with Crippen LogP contribution in [0.4, 0.5) is 0 Å². The topological polar surface area (TPSA) is 38.8 Å². The second-order valence-electron chi connectivity index (χ2n) is 6.02. The van der Waals surface area contributed by atoms with Crippen LogP contribution in [-0.2, 0) is 14.3 Å². The first-order valence-electron chi connectivity index (χ1n) is 7.16. The van der Waals surface area contributed by atoms with Gasteiger partial charge in [0.2, 0.25) is 5.91 Å². The second-order valence-corrected chi connectivity index (χ2v) is 6.02. The SMILES string of the molecule is COCC[C@H]1CO[C@H]2CN(C(=O)CC3CC3)C[C@@H]12. The first-order chi connectivity index (χ1) is 8.78. The van der Waals surface area contributed by atoms with Gasteiger partial charge in [-0.25, -0.2) is 0 Å². The fourth-order valence-corrected chi connectivity index (χ4v) is 3.27. The van der Waals surface area contributed by atoms with Crippen molar-refractivity contribution < 1.29 is 14.3 Å². The van der Waals surface area contributed by atoms with Gasteiger partial charge in [0.05, 0.1) is 12.7 Å². The molecule has 2 saturated heterocycles. The average Bonchev–Trinajstić information content (AvgIpc) is 2.93. The quantitative estimate of drug-likeness (QED) is 0.741. The Kier molecular flexibility index (Phi) is 3.57. The molecule has 4 nitrogen and oxygen atoms in total. The van der Waals surface area contributed by atoms with Gasteiger partial charge in [0.15, 0.2) is 0 Å². The van der Waals surface area contributed by atoms with Crippen molar-refractivity contribution in [3.8, 4) is 0 Å². The van der Waals surface area contributed by atoms with Crippen LogP contribution in [-0.4, -0.2) is 50.3 Å². The third-order valence-corrected chi connectivity index (χ3v) is 4.64. The first kappa shape index (κ1) is 12.4. The second kappa shape index (κ2) is 5.17. The van der Waals surface area contributed by atoms with E-state index in [1.807, 2.05) is 4.90 Å². The normalized spacial score (nSPS) is 34.9. The molecule has 0 unspecified atom stereocenters. The van der Waals surface area contributed by atoms with Crippen molar-refractivity contribution in [3.05, 3.63) is 0 Å². The van der Waals surface area contributed by atoms with Gasteiger partial charge in [0, 0.05) is 39.1 Å². The summed E-state index contributed by atoms with van der Waals surface area (Å²) in [5.74, 6) is 2.15. The Balaban J connectivity index is 1.52. The summed E-state index contributed by atoms with van der Waals surface area (Å²) in [6, 6.07) is 0. The van der Waals surface area contributed by atoms with E-state index >= 15 is 0 Å². The Labute approximate surface area is 109 Å². The number of hydrogen-bond donors (Lipinski definition) is 0. The van der Waals surface area contributed by atoms with E-state index in [9.17, 15) is 4.79 Å². The molecule has 2 heterocycles. The third kappa shape index (κ3) is 2.54. The lowest BCUT2D eigenvalue weighted by atomic mass is 9.91. The van der Waals surface area contributed by atoms with Gasteiger partial charge in [-0.3, -0.25) is 4.79 Å². The summed E-state index contributed by atoms with van der Waals surface area (Å²) in [7, 11) is 1.74. The zero-order valence-corrected chi connectivity index (χ0v) is 11.1. The number of nitrogens with zero attached hydrogens (tertiary/aromatic N) is 1. The standard InChI is InChI=1S/C14H23NO3/c1-17-5-4-11-9-18-13-8-15(7-12(11)13)14(16)6-10-2-3-10/h10-13H,2-9H2,1H3/t11-,12-,13-/m0/s1. The van der Waals surface area contributed by atoms with Crippen molar-refractivity contribution in [1.82, 2.24) is 4.90 Å². The lowest BCUT2D eigenvalue weighted by molar-refractivity contribution is -0.131. The maximum Gasteiger partial charge on any atom is 0.222 e. The van der Waals surface area contributed by atoms with Gasteiger partial charge in [-0.1, -0.05) is 0 Å². The van der Waals surface area contributed by atoms with E-state index < -0.39 is 0 Å². The maximum atomic E-state index is 12.1. The van der Waals surface area contributed by atoms with Crippen molar-refractivity contribution in [3.63, 3.8) is 0 Å². The van der Waals surface area contributed by atoms with Crippen molar-refractivity contribution in [2.75, 3.05) is 33.4 Å². The van der Waals surface area contributed by atoms with Crippen LogP contribution >= 0.6 is 0 Å². The Morgan fingerprint density at radius 1 is 1.39 bits per heavy atom. The monoisotopic (exact) mass is 253 g/mol. The highest BCUT2D eigenvalue weighted by Crippen LogP contribution is 2.37. The molecule has 0 radical (unpaired) electrons. The van der Waals surface area contributed by atoms with E-state index in [2.05, 4.69) is 0 Å². The first-order valence-corrected chi connectivity index (χ1v) is 7.16. The molecule has 0 aromatic heterocycles. The summed E-state index contributed by atoms with van der Waals surface area (Å²) in [4.78, 5) is 14.1. The molecule has 0 N–H and O–H groups in total. The zero-order chi connectivity index (χ0) is 12.5. The molecule has 3 rings (SSSR count). The molecule has 1 saturated carbocycles. The summed E-state index contributed by atoms with van der Waals surface area (Å²) in [5, 5.41) is 0. The minimum absolute atomic E-state index is 0.287. The molecule has 4 heteroatoms. The van der Waals surface area contributed by atoms with Crippen LogP contribution < -0.4 is 0 Å². The number of amides is 1. The minimum atomic E-state index is 0.287. The fraction of sp³-hybridized carbons (Fsp3) is 0.929. The molecule has 0 aromatic rings. The van der Waals surface area contributed by atoms with Gasteiger partial charge in [-0.15, -0.1) is 0 Å². The van der Waals surface area contributed by atoms with E-state index in [0.29, 0.717) is 23.7 Å². The molecule has 0 aromatic carbocycles. The molecular weight excluding hydrogens is 230 g/mol. The van der Waals surface area contributed by atoms with Crippen molar-refractivity contribution in [2.24, 2.45) is 17.8 Å². The maximum absolute atomic E-state index is 12.1. The van der Waals surface area contributed by atoms with Crippen LogP contribution in [0, 0.1) is 17.8 Å². The lowest BCUT2D eigenvalue weighted by Gasteiger charge is -2.19. The Bertz CT molecular complexity index is 316. The predicted octanol–water partition coefficient (Wildman–Crippen LogP) is 1.30. The van der Waals surface area contributed by atoms with Crippen LogP contribution in [0.1, 0.15) is 25.7 Å². The van der Waals surface area contributed by atoms with Gasteiger partial charge in [0.25, 0.3) is 0 Å². The van der Waals surface area contributed by atoms with Crippen molar-refractivity contribution in [2.45, 2.75) is 31.8 Å². The largest absolute Gasteiger partial charge is 0.385 e. The van der Waals surface area contributed by atoms with Crippen LogP contribution in [0.15, 0.2) is 0 Å². The third-order valence-electron chi connectivity index (χ3n) is 4.64. The summed E-state index contributed by atoms with van der Waals surface area (Å²) in [6.07, 6.45) is 4.61. The molecule has 1 amide bonds. The smallest absolute Gasteiger partial charge is 0.222 e. The van der Waals surface area contributed by atoms with Gasteiger partial charge < -0.3 is 14.4 Å². The number of rotatable bonds is 5. The highest BCUT2D eigenvalue weighted by Gasteiger charge is 2.45. The Morgan fingerprint density at radius 2 is 2.22 bits per heavy atom. The highest BCUT2D eigenvalue weighted by atomic mass is 16.5. The van der Waals surface area contributed by atoms with Crippen LogP contribution in [0.25, 0.3) is 0 Å². The molecule has 3 aliphatic rings. The molecular formula is C14H23NO3. The van der Waals surface area contributed by atoms with Gasteiger partial charge in [-0.2, -0.15) is 0 Å². The number of hydrogen-bond acceptors (Lipinski definition) is 3. The number of likely N-dealkylation sites (tertiary alicyclic amines) is 1.